The fourth-order valence-electron chi connectivity index (χ4n) is 11.1. The van der Waals surface area contributed by atoms with E-state index in [-0.39, 0.29) is 6.09 Å². The van der Waals surface area contributed by atoms with Gasteiger partial charge in [0.2, 0.25) is 5.88 Å². The molecular formula is C64H62BrN11O5. The van der Waals surface area contributed by atoms with Crippen LogP contribution < -0.4 is 26.0 Å². The van der Waals surface area contributed by atoms with E-state index in [1.54, 1.807) is 25.7 Å². The number of benzene rings is 4. The van der Waals surface area contributed by atoms with Crippen LogP contribution in [0.3, 0.4) is 0 Å². The molecule has 2 aliphatic heterocycles. The molecule has 13 rings (SSSR count). The summed E-state index contributed by atoms with van der Waals surface area (Å²) in [5, 5.41) is 13.3. The van der Waals surface area contributed by atoms with Crippen LogP contribution in [0.25, 0.3) is 67.9 Å². The first-order chi connectivity index (χ1) is 39.0. The second-order valence-corrected chi connectivity index (χ2v) is 23.6. The molecule has 410 valence electrons. The van der Waals surface area contributed by atoms with Crippen molar-refractivity contribution >= 4 is 51.1 Å². The molecule has 4 aromatic carbocycles. The highest BCUT2D eigenvalue weighted by atomic mass is 79.9. The number of rotatable bonds is 8. The van der Waals surface area contributed by atoms with Crippen LogP contribution in [0.1, 0.15) is 91.2 Å². The molecule has 5 aromatic heterocycles. The summed E-state index contributed by atoms with van der Waals surface area (Å²) < 4.78 is 21.7. The molecule has 4 aliphatic rings. The highest BCUT2D eigenvalue weighted by Crippen LogP contribution is 2.48. The van der Waals surface area contributed by atoms with E-state index >= 15 is 0 Å². The number of para-hydroxylation sites is 2. The lowest BCUT2D eigenvalue weighted by Gasteiger charge is -2.43. The molecule has 2 amide bonds. The van der Waals surface area contributed by atoms with Gasteiger partial charge in [-0.05, 0) is 162 Å². The van der Waals surface area contributed by atoms with Gasteiger partial charge in [0.1, 0.15) is 27.5 Å². The topological polar surface area (TPSA) is 184 Å². The number of hydrogen-bond donors (Lipinski definition) is 4. The van der Waals surface area contributed by atoms with Gasteiger partial charge in [-0.25, -0.2) is 34.5 Å². The molecule has 2 fully saturated rings. The summed E-state index contributed by atoms with van der Waals surface area (Å²) in [6.07, 6.45) is 10.1. The van der Waals surface area contributed by atoms with Gasteiger partial charge in [0, 0.05) is 52.5 Å². The third kappa shape index (κ3) is 10.1. The van der Waals surface area contributed by atoms with Crippen molar-refractivity contribution in [3.63, 3.8) is 0 Å². The second-order valence-electron chi connectivity index (χ2n) is 22.8. The van der Waals surface area contributed by atoms with Gasteiger partial charge in [-0.3, -0.25) is 9.13 Å². The summed E-state index contributed by atoms with van der Waals surface area (Å²) >= 11 is 3.74. The van der Waals surface area contributed by atoms with E-state index in [1.807, 2.05) is 108 Å². The van der Waals surface area contributed by atoms with E-state index < -0.39 is 28.4 Å². The zero-order valence-electron chi connectivity index (χ0n) is 46.2. The number of halogens is 1. The molecule has 16 nitrogen and oxygen atoms in total. The maximum absolute atomic E-state index is 12.8. The van der Waals surface area contributed by atoms with Crippen LogP contribution in [0.15, 0.2) is 157 Å². The average molecular weight is 1150 g/mol. The largest absolute Gasteiger partial charge is 0.481 e. The molecule has 0 bridgehead atoms. The molecule has 0 atom stereocenters. The van der Waals surface area contributed by atoms with Gasteiger partial charge in [-0.1, -0.05) is 72.8 Å². The summed E-state index contributed by atoms with van der Waals surface area (Å²) in [7, 11) is 1.61. The van der Waals surface area contributed by atoms with Gasteiger partial charge in [0.05, 0.1) is 58.0 Å². The van der Waals surface area contributed by atoms with Crippen LogP contribution >= 0.6 is 15.9 Å². The Morgan fingerprint density at radius 3 is 1.49 bits per heavy atom. The van der Waals surface area contributed by atoms with Crippen LogP contribution in [-0.2, 0) is 20.6 Å². The third-order valence-electron chi connectivity index (χ3n) is 15.1. The number of alkyl carbamates (subject to hydrolysis) is 2. The molecule has 17 heteroatoms. The molecule has 4 N–H and O–H groups in total. The number of aromatic nitrogens is 7. The minimum absolute atomic E-state index is 0.379. The Morgan fingerprint density at radius 2 is 1.02 bits per heavy atom. The van der Waals surface area contributed by atoms with E-state index in [4.69, 9.17) is 29.2 Å². The van der Waals surface area contributed by atoms with E-state index in [0.717, 1.165) is 145 Å². The van der Waals surface area contributed by atoms with Gasteiger partial charge < -0.3 is 35.5 Å². The molecule has 2 aliphatic carbocycles. The Balaban J connectivity index is 0.000000163. The van der Waals surface area contributed by atoms with Crippen LogP contribution in [0.5, 0.6) is 5.88 Å². The molecule has 0 radical (unpaired) electrons. The van der Waals surface area contributed by atoms with Crippen molar-refractivity contribution in [1.82, 2.24) is 44.7 Å². The van der Waals surface area contributed by atoms with Gasteiger partial charge >= 0.3 is 12.2 Å². The van der Waals surface area contributed by atoms with Crippen molar-refractivity contribution in [3.05, 3.63) is 168 Å². The zero-order valence-corrected chi connectivity index (χ0v) is 47.8. The Morgan fingerprint density at radius 1 is 0.556 bits per heavy atom. The van der Waals surface area contributed by atoms with E-state index in [1.165, 1.54) is 0 Å². The molecule has 0 unspecified atom stereocenters. The third-order valence-corrected chi connectivity index (χ3v) is 15.7. The Hall–Kier alpha value is -8.83. The normalized spacial score (nSPS) is 14.9. The highest BCUT2D eigenvalue weighted by Gasteiger charge is 2.43. The summed E-state index contributed by atoms with van der Waals surface area (Å²) in [6.45, 7) is 11.3. The Labute approximate surface area is 478 Å². The number of carbonyl (C=O) groups excluding carboxylic acids is 2. The number of nitrogens with zero attached hydrogens (tertiary/aromatic N) is 7. The number of methoxy groups -OCH3 is 1. The molecule has 0 saturated heterocycles. The predicted molar refractivity (Wildman–Crippen MR) is 318 cm³/mol. The molecule has 2 saturated carbocycles. The minimum Gasteiger partial charge on any atom is -0.481 e. The van der Waals surface area contributed by atoms with Crippen LogP contribution in [0.4, 0.5) is 32.6 Å². The van der Waals surface area contributed by atoms with Gasteiger partial charge in [-0.2, -0.15) is 0 Å². The van der Waals surface area contributed by atoms with Crippen molar-refractivity contribution in [2.75, 3.05) is 17.7 Å². The number of imidazole rings is 2. The summed E-state index contributed by atoms with van der Waals surface area (Å²) in [5.74, 6) is 3.65. The second kappa shape index (κ2) is 20.7. The van der Waals surface area contributed by atoms with Crippen molar-refractivity contribution < 1.29 is 23.8 Å². The standard InChI is InChI=1S/C35H34N6O3.C29H28BrN5O2/c1-34(2,3)44-33(42)40-35(17-8-18-35)24-14-12-22(13-15-24)30-29(23-16-20-36-28(21-23)43-4)39-32-25-9-5-6-10-26(25)38-31-27(41(30)32)11-7-19-37-31;1-28(2,3)37-27(36)34-29(15-7-16-29)19-13-11-18(12-14-19)23-24(30)33-26-20-8-4-5-9-21(20)32-25-22(35(23)26)10-6-17-31-25/h5-7,9-16,19-21H,8,17-18H2,1-4H3,(H,37,38)(H,40,42);4-6,8-14,17H,7,15-16H2,1-3H3,(H,31,32)(H,34,36). The number of nitrogens with one attached hydrogen (secondary N) is 4. The predicted octanol–water partition coefficient (Wildman–Crippen LogP) is 15.0. The molecule has 0 spiro atoms. The van der Waals surface area contributed by atoms with Crippen LogP contribution in [-0.4, -0.2) is 64.6 Å². The number of amides is 2. The van der Waals surface area contributed by atoms with E-state index in [0.29, 0.717) is 5.88 Å². The first-order valence-electron chi connectivity index (χ1n) is 27.3. The van der Waals surface area contributed by atoms with Crippen LogP contribution in [0, 0.1) is 0 Å². The Kier molecular flexibility index (Phi) is 13.5. The SMILES string of the molecule is CC(C)(C)OC(=O)NC1(c2ccc(-c3c(Br)nc4n3-c3cccnc3Nc3ccccc3-4)cc2)CCC1.COc1cc(-c2nc3n(c2-c2ccc(C4(NC(=O)OC(C)(C)C)CCC4)cc2)-c2cccnc2Nc2ccccc2-3)ccn1. The van der Waals surface area contributed by atoms with Crippen LogP contribution in [0.2, 0.25) is 0 Å². The maximum Gasteiger partial charge on any atom is 0.408 e. The number of hydrogen-bond acceptors (Lipinski definition) is 12. The molecule has 7 heterocycles. The van der Waals surface area contributed by atoms with Gasteiger partial charge in [-0.15, -0.1) is 0 Å². The first-order valence-corrected chi connectivity index (χ1v) is 28.1. The number of ether oxygens (including phenoxy) is 3. The lowest BCUT2D eigenvalue weighted by Crippen LogP contribution is -2.52. The van der Waals surface area contributed by atoms with Crippen molar-refractivity contribution in [3.8, 4) is 73.8 Å². The van der Waals surface area contributed by atoms with E-state index in [2.05, 4.69) is 123 Å². The lowest BCUT2D eigenvalue weighted by molar-refractivity contribution is 0.0365. The van der Waals surface area contributed by atoms with Crippen molar-refractivity contribution in [2.45, 2.75) is 102 Å². The average Bonchev–Trinajstić information content (AvgIpc) is 4.03. The molecular weight excluding hydrogens is 1080 g/mol. The van der Waals surface area contributed by atoms with Crippen molar-refractivity contribution in [1.29, 1.82) is 0 Å². The Bertz CT molecular complexity index is 3870. The fourth-order valence-corrected chi connectivity index (χ4v) is 11.7. The summed E-state index contributed by atoms with van der Waals surface area (Å²) in [6, 6.07) is 44.9. The zero-order chi connectivity index (χ0) is 56.3. The monoisotopic (exact) mass is 1140 g/mol. The van der Waals surface area contributed by atoms with E-state index in [9.17, 15) is 9.59 Å². The molecule has 81 heavy (non-hydrogen) atoms. The summed E-state index contributed by atoms with van der Waals surface area (Å²) in [4.78, 5) is 49.2. The number of anilines is 4. The number of pyridine rings is 3. The minimum atomic E-state index is -0.566. The van der Waals surface area contributed by atoms with Crippen molar-refractivity contribution in [2.24, 2.45) is 0 Å². The maximum atomic E-state index is 12.8. The lowest BCUT2D eigenvalue weighted by atomic mass is 9.71. The number of carbonyl (C=O) groups is 2. The number of fused-ring (bicyclic) bond motifs is 10. The smallest absolute Gasteiger partial charge is 0.408 e. The molecule has 9 aromatic rings. The fraction of sp³-hybridized carbons (Fsp3) is 0.266. The quantitative estimate of drug-likeness (QED) is 0.113. The first kappa shape index (κ1) is 52.8. The van der Waals surface area contributed by atoms with Gasteiger partial charge in [0.15, 0.2) is 11.6 Å². The van der Waals surface area contributed by atoms with Gasteiger partial charge in [0.25, 0.3) is 0 Å². The summed E-state index contributed by atoms with van der Waals surface area (Å²) in [5.41, 5.74) is 11.4. The highest BCUT2D eigenvalue weighted by molar-refractivity contribution is 9.10.